The van der Waals surface area contributed by atoms with Crippen LogP contribution in [0.5, 0.6) is 5.75 Å². The number of hydrogen-bond donors (Lipinski definition) is 1. The van der Waals surface area contributed by atoms with Gasteiger partial charge in [-0.1, -0.05) is 36.4 Å². The van der Waals surface area contributed by atoms with Crippen LogP contribution in [0.3, 0.4) is 0 Å². The number of fused-ring (bicyclic) bond motifs is 1. The van der Waals surface area contributed by atoms with Gasteiger partial charge >= 0.3 is 0 Å². The van der Waals surface area contributed by atoms with Gasteiger partial charge in [-0.05, 0) is 48.1 Å². The van der Waals surface area contributed by atoms with E-state index in [0.29, 0.717) is 5.92 Å². The maximum Gasteiger partial charge on any atom is 0.119 e. The molecule has 112 valence electrons. The number of halogens is 1. The Hall–Kier alpha value is -1.51. The van der Waals surface area contributed by atoms with Crippen molar-refractivity contribution in [1.82, 2.24) is 0 Å². The van der Waals surface area contributed by atoms with Crippen molar-refractivity contribution in [3.05, 3.63) is 65.2 Å². The van der Waals surface area contributed by atoms with Gasteiger partial charge in [-0.3, -0.25) is 0 Å². The molecule has 0 aromatic heterocycles. The summed E-state index contributed by atoms with van der Waals surface area (Å²) in [6, 6.07) is 17.3. The molecule has 21 heavy (non-hydrogen) atoms. The summed E-state index contributed by atoms with van der Waals surface area (Å²) in [6.45, 7) is 0. The second-order valence-electron chi connectivity index (χ2n) is 5.56. The molecule has 0 amide bonds. The third kappa shape index (κ3) is 3.39. The molecule has 1 aliphatic rings. The van der Waals surface area contributed by atoms with E-state index in [1.165, 1.54) is 16.7 Å². The Morgan fingerprint density at radius 2 is 1.90 bits per heavy atom. The molecule has 0 heterocycles. The highest BCUT2D eigenvalue weighted by Crippen LogP contribution is 2.35. The van der Waals surface area contributed by atoms with Crippen LogP contribution in [0.1, 0.15) is 29.0 Å². The topological polar surface area (TPSA) is 35.2 Å². The summed E-state index contributed by atoms with van der Waals surface area (Å²) in [5.41, 5.74) is 10.5. The molecule has 2 nitrogen and oxygen atoms in total. The van der Waals surface area contributed by atoms with Crippen LogP contribution < -0.4 is 10.5 Å². The van der Waals surface area contributed by atoms with Crippen molar-refractivity contribution in [3.63, 3.8) is 0 Å². The fourth-order valence-corrected chi connectivity index (χ4v) is 3.16. The van der Waals surface area contributed by atoms with Gasteiger partial charge in [-0.25, -0.2) is 0 Å². The van der Waals surface area contributed by atoms with Crippen LogP contribution >= 0.6 is 12.4 Å². The lowest BCUT2D eigenvalue weighted by Gasteiger charge is -2.31. The molecular formula is C18H22ClNO. The molecule has 0 saturated carbocycles. The van der Waals surface area contributed by atoms with E-state index in [9.17, 15) is 0 Å². The molecule has 2 N–H and O–H groups in total. The first-order chi connectivity index (χ1) is 9.78. The van der Waals surface area contributed by atoms with E-state index in [0.717, 1.165) is 25.0 Å². The lowest BCUT2D eigenvalue weighted by Crippen LogP contribution is -2.34. The predicted molar refractivity (Wildman–Crippen MR) is 89.4 cm³/mol. The number of methoxy groups -OCH3 is 1. The predicted octanol–water partition coefficient (Wildman–Crippen LogP) is 3.72. The maximum atomic E-state index is 6.39. The summed E-state index contributed by atoms with van der Waals surface area (Å²) in [4.78, 5) is 0. The zero-order valence-electron chi connectivity index (χ0n) is 12.3. The van der Waals surface area contributed by atoms with Gasteiger partial charge in [-0.2, -0.15) is 0 Å². The number of rotatable bonds is 3. The van der Waals surface area contributed by atoms with Crippen molar-refractivity contribution in [2.75, 3.05) is 7.11 Å². The van der Waals surface area contributed by atoms with E-state index in [1.54, 1.807) is 7.11 Å². The van der Waals surface area contributed by atoms with Crippen LogP contribution in [0.4, 0.5) is 0 Å². The van der Waals surface area contributed by atoms with Crippen LogP contribution in [0.2, 0.25) is 0 Å². The average Bonchev–Trinajstić information content (AvgIpc) is 2.51. The number of ether oxygens (including phenoxy) is 1. The minimum absolute atomic E-state index is 0. The van der Waals surface area contributed by atoms with Crippen LogP contribution in [0.15, 0.2) is 48.5 Å². The molecule has 0 spiro atoms. The third-order valence-corrected chi connectivity index (χ3v) is 4.31. The normalized spacial score (nSPS) is 20.3. The van der Waals surface area contributed by atoms with Gasteiger partial charge in [0.15, 0.2) is 0 Å². The van der Waals surface area contributed by atoms with Crippen molar-refractivity contribution >= 4 is 12.4 Å². The first-order valence-corrected chi connectivity index (χ1v) is 7.24. The molecule has 3 heteroatoms. The first kappa shape index (κ1) is 15.9. The molecule has 0 bridgehead atoms. The Labute approximate surface area is 132 Å². The second kappa shape index (κ2) is 6.97. The summed E-state index contributed by atoms with van der Waals surface area (Å²) >= 11 is 0. The van der Waals surface area contributed by atoms with Crippen molar-refractivity contribution in [2.24, 2.45) is 5.73 Å². The van der Waals surface area contributed by atoms with Crippen LogP contribution in [0, 0.1) is 0 Å². The monoisotopic (exact) mass is 303 g/mol. The van der Waals surface area contributed by atoms with Crippen molar-refractivity contribution < 1.29 is 4.74 Å². The van der Waals surface area contributed by atoms with E-state index >= 15 is 0 Å². The largest absolute Gasteiger partial charge is 0.497 e. The van der Waals surface area contributed by atoms with E-state index in [4.69, 9.17) is 10.5 Å². The SMILES string of the molecule is COc1ccc2c(c1)C(Cc1ccccc1)C(N)CC2.Cl. The van der Waals surface area contributed by atoms with Crippen LogP contribution in [0.25, 0.3) is 0 Å². The van der Waals surface area contributed by atoms with Gasteiger partial charge in [0.25, 0.3) is 0 Å². The lowest BCUT2D eigenvalue weighted by molar-refractivity contribution is 0.409. The van der Waals surface area contributed by atoms with E-state index in [1.807, 2.05) is 0 Å². The Bertz CT molecular complexity index is 585. The molecular weight excluding hydrogens is 282 g/mol. The summed E-state index contributed by atoms with van der Waals surface area (Å²) in [6.07, 6.45) is 3.14. The highest BCUT2D eigenvalue weighted by molar-refractivity contribution is 5.85. The quantitative estimate of drug-likeness (QED) is 0.938. The molecule has 0 radical (unpaired) electrons. The van der Waals surface area contributed by atoms with Gasteiger partial charge in [-0.15, -0.1) is 12.4 Å². The van der Waals surface area contributed by atoms with Crippen molar-refractivity contribution in [1.29, 1.82) is 0 Å². The highest BCUT2D eigenvalue weighted by atomic mass is 35.5. The lowest BCUT2D eigenvalue weighted by atomic mass is 9.76. The maximum absolute atomic E-state index is 6.39. The fraction of sp³-hybridized carbons (Fsp3) is 0.333. The van der Waals surface area contributed by atoms with Gasteiger partial charge in [0, 0.05) is 12.0 Å². The van der Waals surface area contributed by atoms with E-state index in [2.05, 4.69) is 48.5 Å². The minimum atomic E-state index is 0. The van der Waals surface area contributed by atoms with E-state index < -0.39 is 0 Å². The summed E-state index contributed by atoms with van der Waals surface area (Å²) in [7, 11) is 1.72. The molecule has 1 aliphatic carbocycles. The Balaban J connectivity index is 0.00000161. The molecule has 2 unspecified atom stereocenters. The smallest absolute Gasteiger partial charge is 0.119 e. The van der Waals surface area contributed by atoms with Crippen LogP contribution in [-0.2, 0) is 12.8 Å². The van der Waals surface area contributed by atoms with Gasteiger partial charge in [0.2, 0.25) is 0 Å². The number of hydrogen-bond acceptors (Lipinski definition) is 2. The molecule has 0 fully saturated rings. The number of benzene rings is 2. The molecule has 2 atom stereocenters. The molecule has 3 rings (SSSR count). The average molecular weight is 304 g/mol. The van der Waals surface area contributed by atoms with E-state index in [-0.39, 0.29) is 18.4 Å². The zero-order chi connectivity index (χ0) is 13.9. The first-order valence-electron chi connectivity index (χ1n) is 7.24. The standard InChI is InChI=1S/C18H21NO.ClH/c1-20-15-9-7-14-8-10-18(19)17(16(14)12-15)11-13-5-3-2-4-6-13;/h2-7,9,12,17-18H,8,10-11,19H2,1H3;1H. The molecule has 2 aromatic carbocycles. The Morgan fingerprint density at radius 1 is 1.14 bits per heavy atom. The van der Waals surface area contributed by atoms with Gasteiger partial charge in [0.05, 0.1) is 7.11 Å². The molecule has 0 aliphatic heterocycles. The Kier molecular flexibility index (Phi) is 5.27. The minimum Gasteiger partial charge on any atom is -0.497 e. The number of nitrogens with two attached hydrogens (primary N) is 1. The Morgan fingerprint density at radius 3 is 2.62 bits per heavy atom. The van der Waals surface area contributed by atoms with Gasteiger partial charge in [0.1, 0.15) is 5.75 Å². The fourth-order valence-electron chi connectivity index (χ4n) is 3.16. The van der Waals surface area contributed by atoms with Crippen molar-refractivity contribution in [2.45, 2.75) is 31.2 Å². The highest BCUT2D eigenvalue weighted by Gasteiger charge is 2.27. The summed E-state index contributed by atoms with van der Waals surface area (Å²) in [5, 5.41) is 0. The summed E-state index contributed by atoms with van der Waals surface area (Å²) < 4.78 is 5.37. The third-order valence-electron chi connectivity index (χ3n) is 4.31. The van der Waals surface area contributed by atoms with Crippen LogP contribution in [-0.4, -0.2) is 13.2 Å². The summed E-state index contributed by atoms with van der Waals surface area (Å²) in [5.74, 6) is 1.31. The second-order valence-corrected chi connectivity index (χ2v) is 5.56. The van der Waals surface area contributed by atoms with Crippen molar-refractivity contribution in [3.8, 4) is 5.75 Å². The molecule has 0 saturated heterocycles. The number of aryl methyl sites for hydroxylation is 1. The molecule has 2 aromatic rings. The van der Waals surface area contributed by atoms with Gasteiger partial charge < -0.3 is 10.5 Å². The zero-order valence-corrected chi connectivity index (χ0v) is 13.1.